The van der Waals surface area contributed by atoms with Crippen molar-refractivity contribution in [1.29, 1.82) is 0 Å². The highest BCUT2D eigenvalue weighted by atomic mass is 16.5. The molecule has 6 heteroatoms. The van der Waals surface area contributed by atoms with E-state index in [-0.39, 0.29) is 0 Å². The van der Waals surface area contributed by atoms with Gasteiger partial charge >= 0.3 is 5.76 Å². The first-order valence-corrected chi connectivity index (χ1v) is 9.98. The van der Waals surface area contributed by atoms with Crippen LogP contribution in [0.4, 0.5) is 0 Å². The Morgan fingerprint density at radius 2 is 1.75 bits per heavy atom. The molecule has 3 unspecified atom stereocenters. The van der Waals surface area contributed by atoms with Crippen LogP contribution in [0.1, 0.15) is 42.7 Å². The molecular formula is C22H21N3O3. The first-order valence-electron chi connectivity index (χ1n) is 9.98. The predicted octanol–water partition coefficient (Wildman–Crippen LogP) is 3.80. The van der Waals surface area contributed by atoms with Crippen molar-refractivity contribution in [3.05, 3.63) is 64.1 Å². The Morgan fingerprint density at radius 3 is 2.54 bits per heavy atom. The van der Waals surface area contributed by atoms with Crippen LogP contribution in [0.15, 0.2) is 51.8 Å². The molecule has 6 rings (SSSR count). The Labute approximate surface area is 161 Å². The number of nitrogens with zero attached hydrogens (tertiary/aromatic N) is 1. The fourth-order valence-corrected chi connectivity index (χ4v) is 5.38. The monoisotopic (exact) mass is 375 g/mol. The fourth-order valence-electron chi connectivity index (χ4n) is 5.38. The van der Waals surface area contributed by atoms with Crippen molar-refractivity contribution >= 4 is 0 Å². The van der Waals surface area contributed by atoms with Crippen molar-refractivity contribution in [2.24, 2.45) is 5.92 Å². The van der Waals surface area contributed by atoms with Gasteiger partial charge in [-0.05, 0) is 43.7 Å². The Kier molecular flexibility index (Phi) is 3.50. The summed E-state index contributed by atoms with van der Waals surface area (Å²) in [5.41, 5.74) is 3.29. The molecule has 2 fully saturated rings. The summed E-state index contributed by atoms with van der Waals surface area (Å²) in [6.45, 7) is 0. The Bertz CT molecular complexity index is 1090. The topological polar surface area (TPSA) is 80.2 Å². The molecule has 4 heterocycles. The van der Waals surface area contributed by atoms with E-state index in [1.807, 2.05) is 24.3 Å². The first kappa shape index (κ1) is 16.1. The van der Waals surface area contributed by atoms with Gasteiger partial charge in [0, 0.05) is 34.7 Å². The summed E-state index contributed by atoms with van der Waals surface area (Å²) in [7, 11) is 0. The molecule has 0 spiro atoms. The van der Waals surface area contributed by atoms with Gasteiger partial charge < -0.3 is 10.1 Å². The molecule has 2 bridgehead atoms. The summed E-state index contributed by atoms with van der Waals surface area (Å²) >= 11 is 0. The zero-order chi connectivity index (χ0) is 18.7. The number of ether oxygens (including phenoxy) is 1. The lowest BCUT2D eigenvalue weighted by molar-refractivity contribution is 0.267. The number of aromatic amines is 1. The molecule has 3 aromatic rings. The van der Waals surface area contributed by atoms with Gasteiger partial charge in [0.05, 0.1) is 0 Å². The lowest BCUT2D eigenvalue weighted by Crippen LogP contribution is -2.40. The van der Waals surface area contributed by atoms with Crippen LogP contribution < -0.4 is 15.8 Å². The number of piperidine rings is 1. The van der Waals surface area contributed by atoms with Gasteiger partial charge in [-0.15, -0.1) is 0 Å². The minimum absolute atomic E-state index is 0.329. The van der Waals surface area contributed by atoms with E-state index in [1.54, 1.807) is 0 Å². The molecule has 1 aromatic heterocycles. The average Bonchev–Trinajstić information content (AvgIpc) is 3.30. The van der Waals surface area contributed by atoms with Gasteiger partial charge in [-0.25, -0.2) is 4.79 Å². The number of hydrogen-bond acceptors (Lipinski definition) is 5. The maximum absolute atomic E-state index is 11.3. The fraction of sp³-hybridized carbons (Fsp3) is 0.364. The van der Waals surface area contributed by atoms with Gasteiger partial charge in [0.25, 0.3) is 0 Å². The van der Waals surface area contributed by atoms with Crippen molar-refractivity contribution in [2.75, 3.05) is 0 Å². The third-order valence-corrected chi connectivity index (χ3v) is 6.52. The second-order valence-corrected chi connectivity index (χ2v) is 8.18. The molecule has 142 valence electrons. The van der Waals surface area contributed by atoms with Crippen LogP contribution in [0.3, 0.4) is 0 Å². The number of benzene rings is 2. The predicted molar refractivity (Wildman–Crippen MR) is 104 cm³/mol. The molecule has 2 aromatic carbocycles. The third-order valence-electron chi connectivity index (χ3n) is 6.52. The lowest BCUT2D eigenvalue weighted by Gasteiger charge is -2.38. The quantitative estimate of drug-likeness (QED) is 0.712. The molecule has 2 saturated heterocycles. The second kappa shape index (κ2) is 6.07. The summed E-state index contributed by atoms with van der Waals surface area (Å²) < 4.78 is 10.9. The van der Waals surface area contributed by atoms with Crippen molar-refractivity contribution in [3.63, 3.8) is 0 Å². The van der Waals surface area contributed by atoms with Crippen molar-refractivity contribution in [3.8, 4) is 22.9 Å². The van der Waals surface area contributed by atoms with Crippen molar-refractivity contribution < 1.29 is 9.26 Å². The average molecular weight is 375 g/mol. The first-order chi connectivity index (χ1) is 13.7. The van der Waals surface area contributed by atoms with E-state index < -0.39 is 5.76 Å². The van der Waals surface area contributed by atoms with Crippen molar-refractivity contribution in [2.45, 2.75) is 43.7 Å². The molecule has 0 saturated carbocycles. The number of nitrogens with one attached hydrogen (secondary N) is 2. The molecule has 2 N–H and O–H groups in total. The maximum atomic E-state index is 11.3. The van der Waals surface area contributed by atoms with Gasteiger partial charge in [0.15, 0.2) is 5.82 Å². The largest absolute Gasteiger partial charge is 0.457 e. The highest BCUT2D eigenvalue weighted by Gasteiger charge is 2.41. The summed E-state index contributed by atoms with van der Waals surface area (Å²) in [5, 5.41) is 7.57. The SMILES string of the molecule is O=c1[nH]c(-c2ccc3c(c2)Oc2ccccc2C3C2CC3CCC(C2)N3)no1. The summed E-state index contributed by atoms with van der Waals surface area (Å²) in [6.07, 6.45) is 4.98. The van der Waals surface area contributed by atoms with Crippen LogP contribution in [0.5, 0.6) is 11.5 Å². The van der Waals surface area contributed by atoms with Gasteiger partial charge in [0.1, 0.15) is 11.5 Å². The number of H-pyrrole nitrogens is 1. The van der Waals surface area contributed by atoms with E-state index in [1.165, 1.54) is 36.8 Å². The van der Waals surface area contributed by atoms with E-state index in [4.69, 9.17) is 4.74 Å². The molecule has 3 atom stereocenters. The van der Waals surface area contributed by atoms with Crippen LogP contribution in [-0.4, -0.2) is 22.2 Å². The number of aromatic nitrogens is 2. The van der Waals surface area contributed by atoms with Crippen LogP contribution >= 0.6 is 0 Å². The van der Waals surface area contributed by atoms with Crippen LogP contribution in [0, 0.1) is 5.92 Å². The van der Waals surface area contributed by atoms with Gasteiger partial charge in [-0.1, -0.05) is 35.5 Å². The minimum atomic E-state index is -0.554. The number of hydrogen-bond donors (Lipinski definition) is 2. The number of rotatable bonds is 2. The molecule has 3 aliphatic heterocycles. The molecule has 0 amide bonds. The van der Waals surface area contributed by atoms with E-state index in [9.17, 15) is 4.79 Å². The smallest absolute Gasteiger partial charge is 0.439 e. The zero-order valence-electron chi connectivity index (χ0n) is 15.4. The van der Waals surface area contributed by atoms with E-state index in [0.717, 1.165) is 17.1 Å². The highest BCUT2D eigenvalue weighted by molar-refractivity contribution is 5.63. The summed E-state index contributed by atoms with van der Waals surface area (Å²) in [5.74, 6) is 2.57. The van der Waals surface area contributed by atoms with Gasteiger partial charge in [0.2, 0.25) is 0 Å². The summed E-state index contributed by atoms with van der Waals surface area (Å²) in [4.78, 5) is 13.9. The Balaban J connectivity index is 1.45. The highest BCUT2D eigenvalue weighted by Crippen LogP contribution is 2.51. The second-order valence-electron chi connectivity index (χ2n) is 8.18. The molecule has 0 radical (unpaired) electrons. The minimum Gasteiger partial charge on any atom is -0.457 e. The molecule has 0 aliphatic carbocycles. The zero-order valence-corrected chi connectivity index (χ0v) is 15.4. The Morgan fingerprint density at radius 1 is 0.964 bits per heavy atom. The molecule has 6 nitrogen and oxygen atoms in total. The standard InChI is InChI=1S/C22H21N3O3/c26-22-24-21(25-28-22)12-5-8-17-19(11-12)27-18-4-2-1-3-16(18)20(17)13-9-14-6-7-15(10-13)23-14/h1-5,8,11,13-15,20,23H,6-7,9-10H2,(H,24,25,26). The normalized spacial score (nSPS) is 27.7. The van der Waals surface area contributed by atoms with E-state index in [2.05, 4.69) is 38.2 Å². The maximum Gasteiger partial charge on any atom is 0.439 e. The van der Waals surface area contributed by atoms with Gasteiger partial charge in [-0.3, -0.25) is 9.51 Å². The van der Waals surface area contributed by atoms with Crippen molar-refractivity contribution in [1.82, 2.24) is 15.5 Å². The molecule has 28 heavy (non-hydrogen) atoms. The van der Waals surface area contributed by atoms with Crippen LogP contribution in [0.2, 0.25) is 0 Å². The Hall–Kier alpha value is -2.86. The summed E-state index contributed by atoms with van der Waals surface area (Å²) in [6, 6.07) is 15.7. The number of para-hydroxylation sites is 1. The molecule has 3 aliphatic rings. The van der Waals surface area contributed by atoms with E-state index in [0.29, 0.717) is 29.7 Å². The van der Waals surface area contributed by atoms with E-state index >= 15 is 0 Å². The molecular weight excluding hydrogens is 354 g/mol. The third kappa shape index (κ3) is 2.52. The lowest BCUT2D eigenvalue weighted by atomic mass is 9.73. The van der Waals surface area contributed by atoms with Crippen LogP contribution in [0.25, 0.3) is 11.4 Å². The number of fused-ring (bicyclic) bond motifs is 4. The van der Waals surface area contributed by atoms with Gasteiger partial charge in [-0.2, -0.15) is 0 Å². The van der Waals surface area contributed by atoms with Crippen LogP contribution in [-0.2, 0) is 0 Å².